The molecule has 3 heterocycles. The number of hydrogen-bond acceptors (Lipinski definition) is 5. The lowest BCUT2D eigenvalue weighted by Crippen LogP contribution is -2.30. The first-order valence-electron chi connectivity index (χ1n) is 9.64. The van der Waals surface area contributed by atoms with Crippen molar-refractivity contribution in [3.05, 3.63) is 98.5 Å². The summed E-state index contributed by atoms with van der Waals surface area (Å²) in [6, 6.07) is 15.7. The number of carbonyl (C=O) groups is 1. The number of pyridine rings is 1. The molecule has 0 N–H and O–H groups in total. The maximum absolute atomic E-state index is 13.5. The number of halogens is 1. The van der Waals surface area contributed by atoms with Gasteiger partial charge in [0.25, 0.3) is 5.91 Å². The predicted molar refractivity (Wildman–Crippen MR) is 123 cm³/mol. The van der Waals surface area contributed by atoms with Gasteiger partial charge in [-0.15, -0.1) is 11.8 Å². The van der Waals surface area contributed by atoms with E-state index in [1.165, 1.54) is 4.90 Å². The van der Waals surface area contributed by atoms with Crippen molar-refractivity contribution in [1.29, 1.82) is 0 Å². The molecule has 0 saturated carbocycles. The molecule has 0 saturated heterocycles. The fourth-order valence-corrected chi connectivity index (χ4v) is 4.47. The largest absolute Gasteiger partial charge is 0.450 e. The van der Waals surface area contributed by atoms with E-state index in [1.807, 2.05) is 43.5 Å². The van der Waals surface area contributed by atoms with Crippen molar-refractivity contribution in [2.24, 2.45) is 0 Å². The van der Waals surface area contributed by atoms with Gasteiger partial charge in [-0.1, -0.05) is 29.8 Å². The zero-order valence-corrected chi connectivity index (χ0v) is 18.3. The first-order chi connectivity index (χ1) is 15.0. The minimum Gasteiger partial charge on any atom is -0.450 e. The quantitative estimate of drug-likeness (QED) is 0.380. The summed E-state index contributed by atoms with van der Waals surface area (Å²) in [6.07, 6.45) is 3.70. The summed E-state index contributed by atoms with van der Waals surface area (Å²) < 4.78 is 5.94. The van der Waals surface area contributed by atoms with Gasteiger partial charge < -0.3 is 4.42 Å². The molecule has 2 aromatic carbocycles. The Morgan fingerprint density at radius 3 is 2.52 bits per heavy atom. The van der Waals surface area contributed by atoms with Gasteiger partial charge in [0, 0.05) is 16.1 Å². The van der Waals surface area contributed by atoms with Crippen LogP contribution in [-0.2, 0) is 0 Å². The summed E-state index contributed by atoms with van der Waals surface area (Å²) in [5.74, 6) is 0.114. The molecule has 4 aromatic rings. The van der Waals surface area contributed by atoms with Gasteiger partial charge in [0.15, 0.2) is 5.43 Å². The highest BCUT2D eigenvalue weighted by Crippen LogP contribution is 2.41. The second-order valence-corrected chi connectivity index (χ2v) is 8.68. The summed E-state index contributed by atoms with van der Waals surface area (Å²) in [5.41, 5.74) is 2.15. The Kier molecular flexibility index (Phi) is 4.84. The Labute approximate surface area is 187 Å². The number of nitrogens with zero attached hydrogens (tertiary/aromatic N) is 2. The zero-order valence-electron chi connectivity index (χ0n) is 16.8. The van der Waals surface area contributed by atoms with Crippen molar-refractivity contribution in [2.75, 3.05) is 11.2 Å². The highest BCUT2D eigenvalue weighted by molar-refractivity contribution is 7.98. The number of aromatic nitrogens is 1. The number of amides is 1. The summed E-state index contributed by atoms with van der Waals surface area (Å²) in [5, 5.41) is 0.783. The fraction of sp³-hybridized carbons (Fsp3) is 0.125. The maximum atomic E-state index is 13.5. The average Bonchev–Trinajstić information content (AvgIpc) is 3.07. The van der Waals surface area contributed by atoms with E-state index in [0.717, 1.165) is 16.0 Å². The van der Waals surface area contributed by atoms with E-state index in [4.69, 9.17) is 16.0 Å². The number of rotatable bonds is 3. The first-order valence-corrected chi connectivity index (χ1v) is 11.2. The molecule has 7 heteroatoms. The number of aryl methyl sites for hydroxylation is 1. The Bertz CT molecular complexity index is 1380. The minimum atomic E-state index is -0.645. The number of fused-ring (bicyclic) bond motifs is 2. The van der Waals surface area contributed by atoms with E-state index >= 15 is 0 Å². The molecule has 0 aliphatic carbocycles. The molecule has 0 spiro atoms. The van der Waals surface area contributed by atoms with Gasteiger partial charge in [0.2, 0.25) is 5.76 Å². The highest BCUT2D eigenvalue weighted by Gasteiger charge is 2.44. The van der Waals surface area contributed by atoms with Gasteiger partial charge in [-0.3, -0.25) is 14.5 Å². The molecule has 1 unspecified atom stereocenters. The Morgan fingerprint density at radius 2 is 1.84 bits per heavy atom. The Hall–Kier alpha value is -3.09. The molecule has 5 rings (SSSR count). The van der Waals surface area contributed by atoms with Crippen molar-refractivity contribution < 1.29 is 9.21 Å². The van der Waals surface area contributed by atoms with Crippen LogP contribution in [0.15, 0.2) is 74.9 Å². The third kappa shape index (κ3) is 3.23. The lowest BCUT2D eigenvalue weighted by molar-refractivity contribution is 0.0970. The van der Waals surface area contributed by atoms with E-state index in [9.17, 15) is 9.59 Å². The lowest BCUT2D eigenvalue weighted by atomic mass is 9.98. The van der Waals surface area contributed by atoms with Crippen LogP contribution in [0.3, 0.4) is 0 Å². The molecule has 5 nitrogen and oxygen atoms in total. The number of hydrogen-bond donors (Lipinski definition) is 0. The highest BCUT2D eigenvalue weighted by atomic mass is 35.5. The molecule has 0 fully saturated rings. The van der Waals surface area contributed by atoms with Gasteiger partial charge in [-0.2, -0.15) is 0 Å². The van der Waals surface area contributed by atoms with Crippen LogP contribution in [0.1, 0.15) is 33.3 Å². The third-order valence-electron chi connectivity index (χ3n) is 5.41. The van der Waals surface area contributed by atoms with Crippen molar-refractivity contribution in [3.63, 3.8) is 0 Å². The van der Waals surface area contributed by atoms with Crippen molar-refractivity contribution in [1.82, 2.24) is 4.98 Å². The standard InChI is InChI=1S/C24H17ClN2O3S/c1-13-3-10-19(26-12-13)27-21(14-4-7-16(31-2)8-5-14)20-22(28)17-11-15(25)6-9-18(17)30-23(20)24(27)29/h3-12,21H,1-2H3. The van der Waals surface area contributed by atoms with Gasteiger partial charge in [-0.05, 0) is 60.7 Å². The number of carbonyl (C=O) groups excluding carboxylic acids is 1. The van der Waals surface area contributed by atoms with Crippen LogP contribution < -0.4 is 10.3 Å². The van der Waals surface area contributed by atoms with Crippen LogP contribution in [0.5, 0.6) is 0 Å². The van der Waals surface area contributed by atoms with E-state index < -0.39 is 6.04 Å². The predicted octanol–water partition coefficient (Wildman–Crippen LogP) is 5.62. The molecule has 1 amide bonds. The number of thioether (sulfide) groups is 1. The van der Waals surface area contributed by atoms with Gasteiger partial charge >= 0.3 is 0 Å². The van der Waals surface area contributed by atoms with Crippen molar-refractivity contribution in [3.8, 4) is 0 Å². The number of benzene rings is 2. The van der Waals surface area contributed by atoms with E-state index in [2.05, 4.69) is 4.98 Å². The molecular weight excluding hydrogens is 432 g/mol. The molecule has 1 atom stereocenters. The number of anilines is 1. The molecular formula is C24H17ClN2O3S. The normalized spacial score (nSPS) is 15.5. The molecule has 1 aliphatic rings. The lowest BCUT2D eigenvalue weighted by Gasteiger charge is -2.24. The molecule has 154 valence electrons. The van der Waals surface area contributed by atoms with Crippen LogP contribution in [0.4, 0.5) is 5.82 Å². The van der Waals surface area contributed by atoms with Crippen molar-refractivity contribution in [2.45, 2.75) is 17.9 Å². The van der Waals surface area contributed by atoms with Crippen LogP contribution >= 0.6 is 23.4 Å². The van der Waals surface area contributed by atoms with Gasteiger partial charge in [-0.25, -0.2) is 4.98 Å². The molecule has 31 heavy (non-hydrogen) atoms. The first kappa shape index (κ1) is 19.8. The smallest absolute Gasteiger partial charge is 0.296 e. The summed E-state index contributed by atoms with van der Waals surface area (Å²) >= 11 is 7.75. The van der Waals surface area contributed by atoms with Crippen LogP contribution in [-0.4, -0.2) is 17.1 Å². The van der Waals surface area contributed by atoms with Crippen LogP contribution in [0.25, 0.3) is 11.0 Å². The zero-order chi connectivity index (χ0) is 21.7. The Balaban J connectivity index is 1.79. The topological polar surface area (TPSA) is 63.4 Å². The molecule has 0 bridgehead atoms. The summed E-state index contributed by atoms with van der Waals surface area (Å²) in [6.45, 7) is 1.93. The third-order valence-corrected chi connectivity index (χ3v) is 6.38. The van der Waals surface area contributed by atoms with Gasteiger partial charge in [0.05, 0.1) is 17.0 Å². The van der Waals surface area contributed by atoms with Crippen LogP contribution in [0.2, 0.25) is 5.02 Å². The second kappa shape index (κ2) is 7.55. The van der Waals surface area contributed by atoms with Gasteiger partial charge in [0.1, 0.15) is 11.4 Å². The molecule has 2 aromatic heterocycles. The minimum absolute atomic E-state index is 0.0427. The average molecular weight is 449 g/mol. The van der Waals surface area contributed by atoms with Crippen LogP contribution in [0, 0.1) is 6.92 Å². The van der Waals surface area contributed by atoms with Crippen molar-refractivity contribution >= 4 is 46.1 Å². The SMILES string of the molecule is CSc1ccc(C2c3c(oc4ccc(Cl)cc4c3=O)C(=O)N2c2ccc(C)cn2)cc1. The molecule has 1 aliphatic heterocycles. The summed E-state index contributed by atoms with van der Waals surface area (Å²) in [7, 11) is 0. The second-order valence-electron chi connectivity index (χ2n) is 7.36. The maximum Gasteiger partial charge on any atom is 0.296 e. The fourth-order valence-electron chi connectivity index (χ4n) is 3.89. The Morgan fingerprint density at radius 1 is 1.06 bits per heavy atom. The van der Waals surface area contributed by atoms with E-state index in [0.29, 0.717) is 27.4 Å². The monoisotopic (exact) mass is 448 g/mol. The molecule has 0 radical (unpaired) electrons. The van der Waals surface area contributed by atoms with E-state index in [1.54, 1.807) is 42.2 Å². The van der Waals surface area contributed by atoms with E-state index in [-0.39, 0.29) is 17.1 Å². The summed E-state index contributed by atoms with van der Waals surface area (Å²) in [4.78, 5) is 34.1.